The van der Waals surface area contributed by atoms with E-state index in [1.807, 2.05) is 12.1 Å². The van der Waals surface area contributed by atoms with Crippen LogP contribution in [-0.4, -0.2) is 56.8 Å². The van der Waals surface area contributed by atoms with Crippen LogP contribution in [0.4, 0.5) is 5.69 Å². The lowest BCUT2D eigenvalue weighted by atomic mass is 9.55. The van der Waals surface area contributed by atoms with Gasteiger partial charge in [-0.1, -0.05) is 19.1 Å². The van der Waals surface area contributed by atoms with Gasteiger partial charge in [0.1, 0.15) is 11.9 Å². The molecular weight excluding hydrogens is 388 g/mol. The second kappa shape index (κ2) is 8.16. The number of esters is 1. The SMILES string of the molecule is C=C1CCC[C@]2(C)C[C@H]3OC(=O)C(CN4CCN(c5ccc(OC)cc5)CC4)[C@H]3CC12. The van der Waals surface area contributed by atoms with Crippen LogP contribution < -0.4 is 9.64 Å². The molecule has 168 valence electrons. The summed E-state index contributed by atoms with van der Waals surface area (Å²) < 4.78 is 11.2. The van der Waals surface area contributed by atoms with Gasteiger partial charge in [0.05, 0.1) is 13.0 Å². The fourth-order valence-electron chi connectivity index (χ4n) is 6.72. The first-order valence-corrected chi connectivity index (χ1v) is 12.0. The molecule has 2 saturated heterocycles. The van der Waals surface area contributed by atoms with E-state index in [0.717, 1.165) is 57.7 Å². The van der Waals surface area contributed by atoms with Gasteiger partial charge in [-0.05, 0) is 67.7 Å². The van der Waals surface area contributed by atoms with Crippen molar-refractivity contribution in [1.82, 2.24) is 4.90 Å². The summed E-state index contributed by atoms with van der Waals surface area (Å²) in [4.78, 5) is 17.7. The van der Waals surface area contributed by atoms with Gasteiger partial charge < -0.3 is 14.4 Å². The average molecular weight is 425 g/mol. The van der Waals surface area contributed by atoms with E-state index in [2.05, 4.69) is 35.4 Å². The number of benzene rings is 1. The predicted molar refractivity (Wildman–Crippen MR) is 122 cm³/mol. The Morgan fingerprint density at radius 1 is 1.19 bits per heavy atom. The Morgan fingerprint density at radius 2 is 1.94 bits per heavy atom. The van der Waals surface area contributed by atoms with Gasteiger partial charge in [-0.2, -0.15) is 0 Å². The third-order valence-electron chi connectivity index (χ3n) is 8.58. The molecule has 5 heteroatoms. The third-order valence-corrected chi connectivity index (χ3v) is 8.58. The Morgan fingerprint density at radius 3 is 2.65 bits per heavy atom. The summed E-state index contributed by atoms with van der Waals surface area (Å²) >= 11 is 0. The number of rotatable bonds is 4. The molecule has 2 heterocycles. The minimum Gasteiger partial charge on any atom is -0.497 e. The van der Waals surface area contributed by atoms with Gasteiger partial charge in [-0.25, -0.2) is 0 Å². The molecule has 2 unspecified atom stereocenters. The van der Waals surface area contributed by atoms with E-state index in [1.165, 1.54) is 24.1 Å². The number of anilines is 1. The summed E-state index contributed by atoms with van der Waals surface area (Å²) in [5.41, 5.74) is 2.93. The molecule has 0 amide bonds. The lowest BCUT2D eigenvalue weighted by Crippen LogP contribution is -2.50. The first kappa shape index (κ1) is 20.9. The van der Waals surface area contributed by atoms with Crippen LogP contribution in [0, 0.1) is 23.2 Å². The fourth-order valence-corrected chi connectivity index (χ4v) is 6.72. The number of piperazine rings is 1. The number of allylic oxidation sites excluding steroid dienone is 1. The molecule has 31 heavy (non-hydrogen) atoms. The number of ether oxygens (including phenoxy) is 2. The monoisotopic (exact) mass is 424 g/mol. The molecule has 5 atom stereocenters. The van der Waals surface area contributed by atoms with Crippen LogP contribution in [0.3, 0.4) is 0 Å². The van der Waals surface area contributed by atoms with Gasteiger partial charge in [0, 0.05) is 44.3 Å². The van der Waals surface area contributed by atoms with E-state index in [9.17, 15) is 4.79 Å². The van der Waals surface area contributed by atoms with Gasteiger partial charge >= 0.3 is 5.97 Å². The van der Waals surface area contributed by atoms with Gasteiger partial charge in [-0.3, -0.25) is 9.69 Å². The minimum absolute atomic E-state index is 0.0248. The van der Waals surface area contributed by atoms with Gasteiger partial charge in [0.2, 0.25) is 0 Å². The van der Waals surface area contributed by atoms with Crippen molar-refractivity contribution in [3.05, 3.63) is 36.4 Å². The second-order valence-corrected chi connectivity index (χ2v) is 10.4. The summed E-state index contributed by atoms with van der Waals surface area (Å²) in [7, 11) is 1.70. The summed E-state index contributed by atoms with van der Waals surface area (Å²) in [6.45, 7) is 11.6. The molecule has 1 aromatic rings. The zero-order chi connectivity index (χ0) is 21.6. The van der Waals surface area contributed by atoms with Gasteiger partial charge in [0.15, 0.2) is 0 Å². The molecule has 0 N–H and O–H groups in total. The Hall–Kier alpha value is -2.01. The molecule has 0 radical (unpaired) electrons. The van der Waals surface area contributed by atoms with Crippen LogP contribution in [0.25, 0.3) is 0 Å². The van der Waals surface area contributed by atoms with Gasteiger partial charge in [0.25, 0.3) is 0 Å². The highest BCUT2D eigenvalue weighted by Crippen LogP contribution is 2.56. The summed E-state index contributed by atoms with van der Waals surface area (Å²) in [6.07, 6.45) is 5.86. The van der Waals surface area contributed by atoms with E-state index in [4.69, 9.17) is 9.47 Å². The number of hydrogen-bond acceptors (Lipinski definition) is 5. The fraction of sp³-hybridized carbons (Fsp3) is 0.654. The second-order valence-electron chi connectivity index (χ2n) is 10.4. The van der Waals surface area contributed by atoms with Gasteiger partial charge in [-0.15, -0.1) is 0 Å². The Kier molecular flexibility index (Phi) is 5.49. The molecule has 5 rings (SSSR count). The summed E-state index contributed by atoms with van der Waals surface area (Å²) in [6, 6.07) is 8.30. The quantitative estimate of drug-likeness (QED) is 0.537. The Labute approximate surface area is 186 Å². The summed E-state index contributed by atoms with van der Waals surface area (Å²) in [5.74, 6) is 1.88. The highest BCUT2D eigenvalue weighted by Gasteiger charge is 2.55. The van der Waals surface area contributed by atoms with Crippen molar-refractivity contribution in [2.45, 2.75) is 45.1 Å². The Bertz CT molecular complexity index is 830. The smallest absolute Gasteiger partial charge is 0.310 e. The molecule has 0 aromatic heterocycles. The van der Waals surface area contributed by atoms with Crippen molar-refractivity contribution in [1.29, 1.82) is 0 Å². The van der Waals surface area contributed by atoms with Crippen LogP contribution in [0.2, 0.25) is 0 Å². The lowest BCUT2D eigenvalue weighted by molar-refractivity contribution is -0.146. The topological polar surface area (TPSA) is 42.0 Å². The molecule has 1 aromatic carbocycles. The predicted octanol–water partition coefficient (Wildman–Crippen LogP) is 4.13. The van der Waals surface area contributed by atoms with E-state index in [1.54, 1.807) is 7.11 Å². The molecule has 2 saturated carbocycles. The number of carbonyl (C=O) groups excluding carboxylic acids is 1. The van der Waals surface area contributed by atoms with Crippen molar-refractivity contribution in [3.8, 4) is 5.75 Å². The van der Waals surface area contributed by atoms with E-state index in [0.29, 0.717) is 11.8 Å². The molecular formula is C26H36N2O3. The average Bonchev–Trinajstić information content (AvgIpc) is 3.06. The molecule has 0 bridgehead atoms. The maximum absolute atomic E-state index is 12.9. The van der Waals surface area contributed by atoms with E-state index in [-0.39, 0.29) is 23.4 Å². The number of nitrogens with zero attached hydrogens (tertiary/aromatic N) is 2. The van der Waals surface area contributed by atoms with E-state index >= 15 is 0 Å². The molecule has 5 nitrogen and oxygen atoms in total. The van der Waals surface area contributed by atoms with Crippen LogP contribution in [0.5, 0.6) is 5.75 Å². The molecule has 4 fully saturated rings. The molecule has 0 spiro atoms. The Balaban J connectivity index is 1.21. The minimum atomic E-state index is 0.0248. The van der Waals surface area contributed by atoms with Crippen LogP contribution in [0.1, 0.15) is 39.0 Å². The van der Waals surface area contributed by atoms with Crippen LogP contribution in [-0.2, 0) is 9.53 Å². The van der Waals surface area contributed by atoms with Crippen LogP contribution >= 0.6 is 0 Å². The third kappa shape index (κ3) is 3.86. The molecule has 2 aliphatic heterocycles. The normalized spacial score (nSPS) is 36.0. The summed E-state index contributed by atoms with van der Waals surface area (Å²) in [5, 5.41) is 0. The zero-order valence-electron chi connectivity index (χ0n) is 19.0. The van der Waals surface area contributed by atoms with Crippen molar-refractivity contribution in [2.24, 2.45) is 23.2 Å². The van der Waals surface area contributed by atoms with Crippen molar-refractivity contribution in [2.75, 3.05) is 44.7 Å². The highest BCUT2D eigenvalue weighted by molar-refractivity contribution is 5.75. The van der Waals surface area contributed by atoms with Crippen molar-refractivity contribution < 1.29 is 14.3 Å². The number of methoxy groups -OCH3 is 1. The lowest BCUT2D eigenvalue weighted by Gasteiger charge is -2.50. The number of hydrogen-bond donors (Lipinski definition) is 0. The van der Waals surface area contributed by atoms with Crippen LogP contribution in [0.15, 0.2) is 36.4 Å². The van der Waals surface area contributed by atoms with Crippen molar-refractivity contribution >= 4 is 11.7 Å². The molecule has 2 aliphatic carbocycles. The zero-order valence-corrected chi connectivity index (χ0v) is 19.0. The first-order chi connectivity index (χ1) is 15.0. The number of fused-ring (bicyclic) bond motifs is 2. The maximum Gasteiger partial charge on any atom is 0.310 e. The number of carbonyl (C=O) groups is 1. The molecule has 4 aliphatic rings. The largest absolute Gasteiger partial charge is 0.497 e. The maximum atomic E-state index is 12.9. The highest BCUT2D eigenvalue weighted by atomic mass is 16.6. The van der Waals surface area contributed by atoms with E-state index < -0.39 is 0 Å². The van der Waals surface area contributed by atoms with Crippen molar-refractivity contribution in [3.63, 3.8) is 0 Å². The standard InChI is InChI=1S/C26H36N2O3/c1-18-5-4-10-26(2)16-24-21(15-23(18)26)22(25(29)31-24)17-27-11-13-28(14-12-27)19-6-8-20(30-3)9-7-19/h6-9,21-24H,1,4-5,10-17H2,2-3H3/t21-,22?,23?,24-,26-/m1/s1. The first-order valence-electron chi connectivity index (χ1n) is 12.0.